The molecule has 0 aliphatic heterocycles. The Balaban J connectivity index is 2.01. The molecule has 1 aromatic carbocycles. The molecule has 152 valence electrons. The first-order valence-electron chi connectivity index (χ1n) is 9.02. The Hall–Kier alpha value is -1.28. The maximum atomic E-state index is 13.6. The summed E-state index contributed by atoms with van der Waals surface area (Å²) in [5, 5.41) is 5.53. The summed E-state index contributed by atoms with van der Waals surface area (Å²) in [4.78, 5) is 11.9. The van der Waals surface area contributed by atoms with Crippen LogP contribution < -0.4 is 10.6 Å². The van der Waals surface area contributed by atoms with Crippen LogP contribution in [0.5, 0.6) is 0 Å². The molecule has 1 aliphatic rings. The van der Waals surface area contributed by atoms with Crippen molar-refractivity contribution in [2.24, 2.45) is 0 Å². The van der Waals surface area contributed by atoms with Gasteiger partial charge in [-0.05, 0) is 64.2 Å². The van der Waals surface area contributed by atoms with E-state index in [2.05, 4.69) is 26.6 Å². The average molecular weight is 451 g/mol. The first-order chi connectivity index (χ1) is 12.4. The van der Waals surface area contributed by atoms with Crippen LogP contribution in [0.25, 0.3) is 0 Å². The zero-order valence-electron chi connectivity index (χ0n) is 15.7. The van der Waals surface area contributed by atoms with Gasteiger partial charge in [-0.3, -0.25) is 5.32 Å². The first kappa shape index (κ1) is 22.0. The predicted octanol–water partition coefficient (Wildman–Crippen LogP) is 5.48. The minimum Gasteiger partial charge on any atom is -0.444 e. The van der Waals surface area contributed by atoms with E-state index in [1.165, 1.54) is 12.1 Å². The Morgan fingerprint density at radius 2 is 1.74 bits per heavy atom. The molecule has 0 saturated heterocycles. The third-order valence-corrected chi connectivity index (χ3v) is 4.86. The second kappa shape index (κ2) is 8.82. The van der Waals surface area contributed by atoms with Gasteiger partial charge in [0.1, 0.15) is 11.6 Å². The van der Waals surface area contributed by atoms with Gasteiger partial charge in [-0.1, -0.05) is 28.1 Å². The third-order valence-electron chi connectivity index (χ3n) is 4.33. The number of amides is 1. The predicted molar refractivity (Wildman–Crippen MR) is 101 cm³/mol. The lowest BCUT2D eigenvalue weighted by atomic mass is 9.90. The van der Waals surface area contributed by atoms with E-state index in [0.29, 0.717) is 12.8 Å². The molecule has 1 aromatic rings. The number of alkyl halides is 3. The molecule has 8 heteroatoms. The number of hydrogen-bond acceptors (Lipinski definition) is 3. The summed E-state index contributed by atoms with van der Waals surface area (Å²) in [5.41, 5.74) is -0.438. The number of halogens is 4. The van der Waals surface area contributed by atoms with Crippen LogP contribution in [0.2, 0.25) is 0 Å². The largest absolute Gasteiger partial charge is 0.444 e. The standard InChI is InChI=1S/C19H26BrF3N2O2/c1-18(2,3)27-17(26)25-15-6-4-5-14(11-15)24-16(19(21,22)23)12-7-9-13(20)10-8-12/h7-10,14-16,24H,4-6,11H2,1-3H3,(H,25,26)/t14-,15+,16+/m0/s1. The van der Waals surface area contributed by atoms with Crippen LogP contribution in [-0.2, 0) is 4.74 Å². The highest BCUT2D eigenvalue weighted by molar-refractivity contribution is 9.10. The Morgan fingerprint density at radius 3 is 2.30 bits per heavy atom. The van der Waals surface area contributed by atoms with Crippen LogP contribution in [0, 0.1) is 0 Å². The van der Waals surface area contributed by atoms with Crippen molar-refractivity contribution in [3.63, 3.8) is 0 Å². The van der Waals surface area contributed by atoms with Crippen molar-refractivity contribution in [3.8, 4) is 0 Å². The van der Waals surface area contributed by atoms with Crippen LogP contribution in [0.15, 0.2) is 28.7 Å². The summed E-state index contributed by atoms with van der Waals surface area (Å²) < 4.78 is 46.7. The van der Waals surface area contributed by atoms with E-state index >= 15 is 0 Å². The van der Waals surface area contributed by atoms with Crippen molar-refractivity contribution in [1.29, 1.82) is 0 Å². The van der Waals surface area contributed by atoms with Gasteiger partial charge >= 0.3 is 12.3 Å². The highest BCUT2D eigenvalue weighted by atomic mass is 79.9. The molecule has 0 radical (unpaired) electrons. The number of carbonyl (C=O) groups is 1. The molecular formula is C19H26BrF3N2O2. The van der Waals surface area contributed by atoms with Crippen LogP contribution in [0.1, 0.15) is 58.1 Å². The number of alkyl carbamates (subject to hydrolysis) is 1. The van der Waals surface area contributed by atoms with Gasteiger partial charge in [-0.15, -0.1) is 0 Å². The Labute approximate surface area is 166 Å². The van der Waals surface area contributed by atoms with Crippen LogP contribution in [-0.4, -0.2) is 30.0 Å². The minimum absolute atomic E-state index is 0.174. The molecule has 27 heavy (non-hydrogen) atoms. The number of carbonyl (C=O) groups excluding carboxylic acids is 1. The zero-order valence-corrected chi connectivity index (χ0v) is 17.3. The summed E-state index contributed by atoms with van der Waals surface area (Å²) in [6.45, 7) is 5.30. The van der Waals surface area contributed by atoms with Crippen molar-refractivity contribution in [1.82, 2.24) is 10.6 Å². The van der Waals surface area contributed by atoms with Gasteiger partial charge in [-0.25, -0.2) is 4.79 Å². The van der Waals surface area contributed by atoms with Crippen molar-refractivity contribution in [3.05, 3.63) is 34.3 Å². The minimum atomic E-state index is -4.40. The summed E-state index contributed by atoms with van der Waals surface area (Å²) in [7, 11) is 0. The average Bonchev–Trinajstić information content (AvgIpc) is 2.51. The van der Waals surface area contributed by atoms with Gasteiger partial charge in [-0.2, -0.15) is 13.2 Å². The number of hydrogen-bond donors (Lipinski definition) is 2. The lowest BCUT2D eigenvalue weighted by Crippen LogP contribution is -2.48. The van der Waals surface area contributed by atoms with Crippen molar-refractivity contribution in [2.75, 3.05) is 0 Å². The van der Waals surface area contributed by atoms with Crippen LogP contribution >= 0.6 is 15.9 Å². The van der Waals surface area contributed by atoms with E-state index in [9.17, 15) is 18.0 Å². The van der Waals surface area contributed by atoms with Gasteiger partial charge in [0, 0.05) is 16.6 Å². The molecule has 3 atom stereocenters. The van der Waals surface area contributed by atoms with E-state index < -0.39 is 23.9 Å². The second-order valence-electron chi connectivity index (χ2n) is 7.90. The smallest absolute Gasteiger partial charge is 0.407 e. The fourth-order valence-electron chi connectivity index (χ4n) is 3.22. The number of nitrogens with one attached hydrogen (secondary N) is 2. The monoisotopic (exact) mass is 450 g/mol. The highest BCUT2D eigenvalue weighted by Crippen LogP contribution is 2.35. The summed E-state index contributed by atoms with van der Waals surface area (Å²) in [6, 6.07) is 3.85. The third kappa shape index (κ3) is 7.33. The van der Waals surface area contributed by atoms with Gasteiger partial charge in [0.25, 0.3) is 0 Å². The molecule has 0 unspecified atom stereocenters. The zero-order chi connectivity index (χ0) is 20.2. The molecule has 1 saturated carbocycles. The van der Waals surface area contributed by atoms with Gasteiger partial charge in [0.15, 0.2) is 0 Å². The first-order valence-corrected chi connectivity index (χ1v) is 9.81. The number of benzene rings is 1. The van der Waals surface area contributed by atoms with Crippen molar-refractivity contribution in [2.45, 2.75) is 76.4 Å². The van der Waals surface area contributed by atoms with Gasteiger partial charge in [0.05, 0.1) is 0 Å². The molecule has 0 bridgehead atoms. The Bertz CT molecular complexity index is 629. The molecule has 1 fully saturated rings. The number of rotatable bonds is 4. The molecule has 1 aliphatic carbocycles. The fourth-order valence-corrected chi connectivity index (χ4v) is 3.48. The van der Waals surface area contributed by atoms with Crippen LogP contribution in [0.3, 0.4) is 0 Å². The summed E-state index contributed by atoms with van der Waals surface area (Å²) in [5.74, 6) is 0. The van der Waals surface area contributed by atoms with Gasteiger partial charge in [0.2, 0.25) is 0 Å². The lowest BCUT2D eigenvalue weighted by Gasteiger charge is -2.34. The normalized spacial score (nSPS) is 22.2. The van der Waals surface area contributed by atoms with E-state index in [0.717, 1.165) is 17.3 Å². The molecule has 0 aromatic heterocycles. The molecule has 4 nitrogen and oxygen atoms in total. The molecule has 2 rings (SSSR count). The highest BCUT2D eigenvalue weighted by Gasteiger charge is 2.42. The fraction of sp³-hybridized carbons (Fsp3) is 0.632. The molecular weight excluding hydrogens is 425 g/mol. The number of ether oxygens (including phenoxy) is 1. The van der Waals surface area contributed by atoms with Crippen LogP contribution in [0.4, 0.5) is 18.0 Å². The maximum Gasteiger partial charge on any atom is 0.407 e. The van der Waals surface area contributed by atoms with Crippen molar-refractivity contribution < 1.29 is 22.7 Å². The molecule has 0 heterocycles. The quantitative estimate of drug-likeness (QED) is 0.638. The molecule has 0 spiro atoms. The molecule has 2 N–H and O–H groups in total. The Kier molecular flexibility index (Phi) is 7.19. The second-order valence-corrected chi connectivity index (χ2v) is 8.82. The van der Waals surface area contributed by atoms with Gasteiger partial charge < -0.3 is 10.1 Å². The maximum absolute atomic E-state index is 13.6. The SMILES string of the molecule is CC(C)(C)OC(=O)N[C@@H]1CCC[C@H](N[C@H](c2ccc(Br)cc2)C(F)(F)F)C1. The summed E-state index contributed by atoms with van der Waals surface area (Å²) >= 11 is 3.24. The van der Waals surface area contributed by atoms with Crippen molar-refractivity contribution >= 4 is 22.0 Å². The molecule has 1 amide bonds. The van der Waals surface area contributed by atoms with E-state index in [-0.39, 0.29) is 17.6 Å². The topological polar surface area (TPSA) is 50.4 Å². The lowest BCUT2D eigenvalue weighted by molar-refractivity contribution is -0.160. The summed E-state index contributed by atoms with van der Waals surface area (Å²) in [6.07, 6.45) is -2.40. The van der Waals surface area contributed by atoms with E-state index in [4.69, 9.17) is 4.74 Å². The van der Waals surface area contributed by atoms with E-state index in [1.807, 2.05) is 0 Å². The van der Waals surface area contributed by atoms with E-state index in [1.54, 1.807) is 32.9 Å². The Morgan fingerprint density at radius 1 is 1.15 bits per heavy atom.